The summed E-state index contributed by atoms with van der Waals surface area (Å²) in [5.74, 6) is -0.0799. The topological polar surface area (TPSA) is 42.0 Å². The third-order valence-electron chi connectivity index (χ3n) is 4.97. The Kier molecular flexibility index (Phi) is 4.90. The standard InChI is InChI=1S/C25H22N2O/c1-17-10-12-19(13-11-17)18(2)27-25(28)22-8-5-7-20(14-22)23-15-21-6-3-4-9-24(21)26-16-23/h3-16,18H,1-2H3,(H,27,28)/t18-/m1/s1. The molecular formula is C25H22N2O. The summed E-state index contributed by atoms with van der Waals surface area (Å²) in [6.07, 6.45) is 1.86. The second kappa shape index (κ2) is 7.65. The second-order valence-electron chi connectivity index (χ2n) is 7.10. The SMILES string of the molecule is Cc1ccc([C@@H](C)NC(=O)c2cccc(-c3cnc4ccccc4c3)c2)cc1. The quantitative estimate of drug-likeness (QED) is 0.503. The highest BCUT2D eigenvalue weighted by atomic mass is 16.1. The molecule has 4 aromatic rings. The first-order valence-electron chi connectivity index (χ1n) is 9.43. The molecule has 3 nitrogen and oxygen atoms in total. The van der Waals surface area contributed by atoms with E-state index in [0.29, 0.717) is 5.56 Å². The molecule has 1 heterocycles. The predicted octanol–water partition coefficient (Wildman–Crippen LogP) is 5.70. The minimum atomic E-state index is -0.0799. The van der Waals surface area contributed by atoms with Gasteiger partial charge < -0.3 is 5.32 Å². The molecule has 0 spiro atoms. The molecule has 1 atom stereocenters. The van der Waals surface area contributed by atoms with Crippen molar-refractivity contribution >= 4 is 16.8 Å². The Hall–Kier alpha value is -3.46. The highest BCUT2D eigenvalue weighted by Crippen LogP contribution is 2.24. The summed E-state index contributed by atoms with van der Waals surface area (Å²) in [6.45, 7) is 4.06. The number of fused-ring (bicyclic) bond motifs is 1. The van der Waals surface area contributed by atoms with Gasteiger partial charge in [0.05, 0.1) is 11.6 Å². The van der Waals surface area contributed by atoms with Crippen LogP contribution in [0.15, 0.2) is 85.1 Å². The van der Waals surface area contributed by atoms with Crippen molar-refractivity contribution < 1.29 is 4.79 Å². The van der Waals surface area contributed by atoms with Gasteiger partial charge in [0.25, 0.3) is 5.91 Å². The Balaban J connectivity index is 1.57. The molecular weight excluding hydrogens is 344 g/mol. The Labute approximate surface area is 165 Å². The molecule has 0 fully saturated rings. The van der Waals surface area contributed by atoms with E-state index in [4.69, 9.17) is 0 Å². The molecule has 3 aromatic carbocycles. The van der Waals surface area contributed by atoms with Crippen LogP contribution in [0, 0.1) is 6.92 Å². The number of carbonyl (C=O) groups excluding carboxylic acids is 1. The van der Waals surface area contributed by atoms with Crippen molar-refractivity contribution in [2.24, 2.45) is 0 Å². The fourth-order valence-electron chi connectivity index (χ4n) is 3.29. The lowest BCUT2D eigenvalue weighted by Gasteiger charge is -2.15. The van der Waals surface area contributed by atoms with Crippen LogP contribution in [0.1, 0.15) is 34.5 Å². The smallest absolute Gasteiger partial charge is 0.251 e. The molecule has 0 unspecified atom stereocenters. The summed E-state index contributed by atoms with van der Waals surface area (Å²) in [7, 11) is 0. The fraction of sp³-hybridized carbons (Fsp3) is 0.120. The minimum absolute atomic E-state index is 0.0564. The molecule has 1 N–H and O–H groups in total. The first-order chi connectivity index (χ1) is 13.6. The van der Waals surface area contributed by atoms with Crippen molar-refractivity contribution in [3.63, 3.8) is 0 Å². The van der Waals surface area contributed by atoms with E-state index in [1.165, 1.54) is 5.56 Å². The van der Waals surface area contributed by atoms with E-state index in [2.05, 4.69) is 47.6 Å². The largest absolute Gasteiger partial charge is 0.346 e. The van der Waals surface area contributed by atoms with Crippen molar-refractivity contribution in [3.8, 4) is 11.1 Å². The number of aryl methyl sites for hydroxylation is 1. The van der Waals surface area contributed by atoms with Gasteiger partial charge in [-0.25, -0.2) is 0 Å². The number of pyridine rings is 1. The van der Waals surface area contributed by atoms with Crippen LogP contribution >= 0.6 is 0 Å². The van der Waals surface area contributed by atoms with Crippen LogP contribution in [0.25, 0.3) is 22.0 Å². The molecule has 0 aliphatic rings. The van der Waals surface area contributed by atoms with Crippen LogP contribution in [0.4, 0.5) is 0 Å². The summed E-state index contributed by atoms with van der Waals surface area (Å²) in [4.78, 5) is 17.3. The number of nitrogens with zero attached hydrogens (tertiary/aromatic N) is 1. The molecule has 0 bridgehead atoms. The van der Waals surface area contributed by atoms with Gasteiger partial charge in [0.2, 0.25) is 0 Å². The lowest BCUT2D eigenvalue weighted by atomic mass is 10.0. The highest BCUT2D eigenvalue weighted by Gasteiger charge is 2.12. The van der Waals surface area contributed by atoms with Gasteiger partial charge in [0.15, 0.2) is 0 Å². The number of hydrogen-bond donors (Lipinski definition) is 1. The Morgan fingerprint density at radius 2 is 1.68 bits per heavy atom. The Morgan fingerprint density at radius 3 is 2.50 bits per heavy atom. The van der Waals surface area contributed by atoms with E-state index < -0.39 is 0 Å². The van der Waals surface area contributed by atoms with Crippen molar-refractivity contribution in [1.82, 2.24) is 10.3 Å². The molecule has 28 heavy (non-hydrogen) atoms. The average molecular weight is 366 g/mol. The van der Waals surface area contributed by atoms with Crippen LogP contribution < -0.4 is 5.32 Å². The number of nitrogens with one attached hydrogen (secondary N) is 1. The van der Waals surface area contributed by atoms with Crippen LogP contribution in [-0.2, 0) is 0 Å². The average Bonchev–Trinajstić information content (AvgIpc) is 2.74. The van der Waals surface area contributed by atoms with Gasteiger partial charge in [-0.1, -0.05) is 60.2 Å². The van der Waals surface area contributed by atoms with Gasteiger partial charge in [-0.3, -0.25) is 9.78 Å². The van der Waals surface area contributed by atoms with E-state index in [1.54, 1.807) is 0 Å². The second-order valence-corrected chi connectivity index (χ2v) is 7.10. The molecule has 138 valence electrons. The van der Waals surface area contributed by atoms with E-state index in [1.807, 2.05) is 61.7 Å². The minimum Gasteiger partial charge on any atom is -0.346 e. The van der Waals surface area contributed by atoms with Crippen molar-refractivity contribution in [1.29, 1.82) is 0 Å². The maximum absolute atomic E-state index is 12.8. The third-order valence-corrected chi connectivity index (χ3v) is 4.97. The van der Waals surface area contributed by atoms with Gasteiger partial charge in [-0.05, 0) is 49.2 Å². The number of aromatic nitrogens is 1. The molecule has 0 aliphatic heterocycles. The van der Waals surface area contributed by atoms with E-state index in [0.717, 1.165) is 27.6 Å². The van der Waals surface area contributed by atoms with Crippen LogP contribution in [0.2, 0.25) is 0 Å². The van der Waals surface area contributed by atoms with Gasteiger partial charge >= 0.3 is 0 Å². The monoisotopic (exact) mass is 366 g/mol. The molecule has 0 saturated heterocycles. The molecule has 3 heteroatoms. The zero-order chi connectivity index (χ0) is 19.5. The molecule has 0 aliphatic carbocycles. The Morgan fingerprint density at radius 1 is 0.893 bits per heavy atom. The fourth-order valence-corrected chi connectivity index (χ4v) is 3.29. The number of amides is 1. The number of rotatable bonds is 4. The third kappa shape index (κ3) is 3.79. The number of hydrogen-bond acceptors (Lipinski definition) is 2. The van der Waals surface area contributed by atoms with Crippen LogP contribution in [0.5, 0.6) is 0 Å². The number of benzene rings is 3. The lowest BCUT2D eigenvalue weighted by molar-refractivity contribution is 0.0940. The number of carbonyl (C=O) groups is 1. The summed E-state index contributed by atoms with van der Waals surface area (Å²) < 4.78 is 0. The molecule has 4 rings (SSSR count). The molecule has 1 aromatic heterocycles. The van der Waals surface area contributed by atoms with Crippen molar-refractivity contribution in [2.45, 2.75) is 19.9 Å². The van der Waals surface area contributed by atoms with E-state index >= 15 is 0 Å². The highest BCUT2D eigenvalue weighted by molar-refractivity contribution is 5.96. The predicted molar refractivity (Wildman–Crippen MR) is 114 cm³/mol. The van der Waals surface area contributed by atoms with Crippen molar-refractivity contribution in [2.75, 3.05) is 0 Å². The summed E-state index contributed by atoms with van der Waals surface area (Å²) >= 11 is 0. The maximum atomic E-state index is 12.8. The summed E-state index contributed by atoms with van der Waals surface area (Å²) in [5.41, 5.74) is 5.89. The molecule has 0 saturated carbocycles. The normalized spacial score (nSPS) is 11.9. The molecule has 1 amide bonds. The first-order valence-corrected chi connectivity index (χ1v) is 9.43. The van der Waals surface area contributed by atoms with E-state index in [-0.39, 0.29) is 11.9 Å². The Bertz CT molecular complexity index is 1130. The summed E-state index contributed by atoms with van der Waals surface area (Å²) in [5, 5.41) is 4.17. The maximum Gasteiger partial charge on any atom is 0.251 e. The summed E-state index contributed by atoms with van der Waals surface area (Å²) in [6, 6.07) is 26.0. The number of para-hydroxylation sites is 1. The lowest BCUT2D eigenvalue weighted by Crippen LogP contribution is -2.26. The van der Waals surface area contributed by atoms with Gasteiger partial charge in [0, 0.05) is 22.7 Å². The van der Waals surface area contributed by atoms with Gasteiger partial charge in [-0.2, -0.15) is 0 Å². The first kappa shape index (κ1) is 17.9. The zero-order valence-corrected chi connectivity index (χ0v) is 16.0. The zero-order valence-electron chi connectivity index (χ0n) is 16.0. The molecule has 0 radical (unpaired) electrons. The van der Waals surface area contributed by atoms with E-state index in [9.17, 15) is 4.79 Å². The van der Waals surface area contributed by atoms with Gasteiger partial charge in [-0.15, -0.1) is 0 Å². The van der Waals surface area contributed by atoms with Gasteiger partial charge in [0.1, 0.15) is 0 Å². The van der Waals surface area contributed by atoms with Crippen LogP contribution in [-0.4, -0.2) is 10.9 Å². The van der Waals surface area contributed by atoms with Crippen molar-refractivity contribution in [3.05, 3.63) is 102 Å². The van der Waals surface area contributed by atoms with Crippen LogP contribution in [0.3, 0.4) is 0 Å².